The Kier molecular flexibility index (Phi) is 11.0. The molecule has 2 heterocycles. The van der Waals surface area contributed by atoms with Crippen molar-refractivity contribution in [3.63, 3.8) is 0 Å². The second kappa shape index (κ2) is 14.5. The van der Waals surface area contributed by atoms with Gasteiger partial charge in [-0.2, -0.15) is 0 Å². The van der Waals surface area contributed by atoms with Crippen LogP contribution in [0, 0.1) is 29.6 Å². The normalized spacial score (nSPS) is 45.0. The van der Waals surface area contributed by atoms with Crippen molar-refractivity contribution in [2.24, 2.45) is 29.6 Å². The van der Waals surface area contributed by atoms with Gasteiger partial charge in [0.25, 0.3) is 0 Å². The fourth-order valence-corrected chi connectivity index (χ4v) is 7.96. The van der Waals surface area contributed by atoms with Gasteiger partial charge < -0.3 is 44.5 Å². The predicted octanol–water partition coefficient (Wildman–Crippen LogP) is 2.41. The lowest BCUT2D eigenvalue weighted by molar-refractivity contribution is -0.308. The van der Waals surface area contributed by atoms with E-state index in [4.69, 9.17) is 18.9 Å². The molecule has 3 aliphatic carbocycles. The molecule has 5 aliphatic rings. The Labute approximate surface area is 276 Å². The summed E-state index contributed by atoms with van der Waals surface area (Å²) < 4.78 is 23.4. The molecule has 0 radical (unpaired) electrons. The molecular formula is C36H50O11. The number of rotatable bonds is 6. The Bertz CT molecular complexity index is 1320. The maximum Gasteiger partial charge on any atom is 0.334 e. The van der Waals surface area contributed by atoms with Crippen LogP contribution in [0.1, 0.15) is 59.3 Å². The van der Waals surface area contributed by atoms with Crippen LogP contribution < -0.4 is 0 Å². The molecule has 0 aromatic carbocycles. The molecule has 11 heteroatoms. The third-order valence-electron chi connectivity index (χ3n) is 11.0. The number of esters is 2. The molecule has 0 unspecified atom stereocenters. The minimum atomic E-state index is -1.55. The average Bonchev–Trinajstić information content (AvgIpc) is 3.42. The topological polar surface area (TPSA) is 172 Å². The van der Waals surface area contributed by atoms with Gasteiger partial charge in [-0.15, -0.1) is 0 Å². The Morgan fingerprint density at radius 1 is 1.04 bits per heavy atom. The zero-order valence-corrected chi connectivity index (χ0v) is 27.5. The van der Waals surface area contributed by atoms with Gasteiger partial charge in [0, 0.05) is 17.9 Å². The van der Waals surface area contributed by atoms with Gasteiger partial charge in [-0.25, -0.2) is 4.79 Å². The van der Waals surface area contributed by atoms with Gasteiger partial charge >= 0.3 is 11.9 Å². The number of hydrogen-bond donors (Lipinski definition) is 5. The zero-order chi connectivity index (χ0) is 34.3. The van der Waals surface area contributed by atoms with Crippen LogP contribution in [0.4, 0.5) is 0 Å². The molecule has 14 atom stereocenters. The summed E-state index contributed by atoms with van der Waals surface area (Å²) in [5.74, 6) is -1.99. The van der Waals surface area contributed by atoms with E-state index in [1.54, 1.807) is 13.0 Å². The van der Waals surface area contributed by atoms with Crippen molar-refractivity contribution in [2.45, 2.75) is 114 Å². The van der Waals surface area contributed by atoms with E-state index in [1.807, 2.05) is 19.9 Å². The highest BCUT2D eigenvalue weighted by atomic mass is 16.7. The van der Waals surface area contributed by atoms with E-state index < -0.39 is 79.5 Å². The van der Waals surface area contributed by atoms with Crippen LogP contribution in [0.15, 0.2) is 59.8 Å². The second-order valence-electron chi connectivity index (χ2n) is 14.1. The quantitative estimate of drug-likeness (QED) is 0.161. The lowest BCUT2D eigenvalue weighted by Gasteiger charge is -2.40. The standard InChI is InChI=1S/C36H50O11/c1-16-7-10-26(18(3)12-28-30(25(38)11-16)21(6)35(43)45-28)44-34(42)19(4)22-9-8-17(2)23-14-27(20(5)24(23)13-22)46-36-33(41)32(40)31(39)29(15-37)47-36/h7,12,21-33,36-41H,2,4-5,8-11,13-15H2,1,3,6H3/b16-7+,18-12+/t21-,22+,23-,24-,25-,26-,27-,28+,29+,30+,31+,32-,33+,36+/m0/s1. The van der Waals surface area contributed by atoms with E-state index in [1.165, 1.54) is 0 Å². The molecule has 2 saturated heterocycles. The van der Waals surface area contributed by atoms with E-state index in [0.29, 0.717) is 44.1 Å². The van der Waals surface area contributed by atoms with Crippen molar-refractivity contribution in [2.75, 3.05) is 6.61 Å². The molecular weight excluding hydrogens is 608 g/mol. The predicted molar refractivity (Wildman–Crippen MR) is 170 cm³/mol. The lowest BCUT2D eigenvalue weighted by Crippen LogP contribution is -2.59. The number of hydrogen-bond acceptors (Lipinski definition) is 11. The fraction of sp³-hybridized carbons (Fsp3) is 0.667. The van der Waals surface area contributed by atoms with Crippen molar-refractivity contribution in [3.05, 3.63) is 59.8 Å². The summed E-state index contributed by atoms with van der Waals surface area (Å²) in [6.07, 6.45) is -2.42. The van der Waals surface area contributed by atoms with Crippen LogP contribution in [0.2, 0.25) is 0 Å². The van der Waals surface area contributed by atoms with Crippen molar-refractivity contribution < 1.29 is 54.1 Å². The van der Waals surface area contributed by atoms with Crippen molar-refractivity contribution in [1.29, 1.82) is 0 Å². The van der Waals surface area contributed by atoms with Gasteiger partial charge in [0.15, 0.2) is 6.29 Å². The number of aliphatic hydroxyl groups is 5. The van der Waals surface area contributed by atoms with E-state index >= 15 is 0 Å². The zero-order valence-electron chi connectivity index (χ0n) is 27.5. The van der Waals surface area contributed by atoms with E-state index in [9.17, 15) is 35.1 Å². The minimum Gasteiger partial charge on any atom is -0.457 e. The third kappa shape index (κ3) is 7.22. The summed E-state index contributed by atoms with van der Waals surface area (Å²) in [5, 5.41) is 51.3. The third-order valence-corrected chi connectivity index (χ3v) is 11.0. The monoisotopic (exact) mass is 658 g/mol. The molecule has 5 rings (SSSR count). The first kappa shape index (κ1) is 35.7. The summed E-state index contributed by atoms with van der Waals surface area (Å²) in [6.45, 7) is 17.8. The van der Waals surface area contributed by atoms with Gasteiger partial charge in [-0.1, -0.05) is 43.9 Å². The molecule has 11 nitrogen and oxygen atoms in total. The first-order valence-corrected chi connectivity index (χ1v) is 16.7. The van der Waals surface area contributed by atoms with Crippen molar-refractivity contribution >= 4 is 11.9 Å². The average molecular weight is 659 g/mol. The molecule has 5 N–H and O–H groups in total. The smallest absolute Gasteiger partial charge is 0.334 e. The first-order valence-electron chi connectivity index (χ1n) is 16.7. The summed E-state index contributed by atoms with van der Waals surface area (Å²) >= 11 is 0. The largest absolute Gasteiger partial charge is 0.457 e. The highest BCUT2D eigenvalue weighted by Crippen LogP contribution is 2.50. The molecule has 0 spiro atoms. The van der Waals surface area contributed by atoms with Gasteiger partial charge in [-0.05, 0) is 80.9 Å². The van der Waals surface area contributed by atoms with E-state index in [0.717, 1.165) is 22.3 Å². The van der Waals surface area contributed by atoms with Crippen LogP contribution in [0.3, 0.4) is 0 Å². The Morgan fingerprint density at radius 2 is 1.77 bits per heavy atom. The molecule has 0 bridgehead atoms. The highest BCUT2D eigenvalue weighted by Gasteiger charge is 2.49. The van der Waals surface area contributed by atoms with Crippen LogP contribution in [0.5, 0.6) is 0 Å². The Morgan fingerprint density at radius 3 is 2.47 bits per heavy atom. The number of carbonyl (C=O) groups excluding carboxylic acids is 2. The van der Waals surface area contributed by atoms with E-state index in [2.05, 4.69) is 19.7 Å². The fourth-order valence-electron chi connectivity index (χ4n) is 7.96. The van der Waals surface area contributed by atoms with Crippen LogP contribution >= 0.6 is 0 Å². The highest BCUT2D eigenvalue weighted by molar-refractivity contribution is 5.88. The van der Waals surface area contributed by atoms with Gasteiger partial charge in [0.05, 0.1) is 24.7 Å². The summed E-state index contributed by atoms with van der Waals surface area (Å²) in [4.78, 5) is 26.0. The molecule has 0 aromatic rings. The molecule has 2 aliphatic heterocycles. The lowest BCUT2D eigenvalue weighted by atomic mass is 9.82. The number of allylic oxidation sites excluding steroid dienone is 1. The second-order valence-corrected chi connectivity index (χ2v) is 14.1. The number of carbonyl (C=O) groups is 2. The maximum atomic E-state index is 13.6. The molecule has 0 amide bonds. The van der Waals surface area contributed by atoms with Gasteiger partial charge in [0.2, 0.25) is 0 Å². The minimum absolute atomic E-state index is 0.0163. The van der Waals surface area contributed by atoms with Crippen molar-refractivity contribution in [3.8, 4) is 0 Å². The number of aliphatic hydroxyl groups excluding tert-OH is 5. The van der Waals surface area contributed by atoms with Crippen LogP contribution in [-0.2, 0) is 28.5 Å². The Hall–Kier alpha value is -2.64. The van der Waals surface area contributed by atoms with Crippen molar-refractivity contribution in [1.82, 2.24) is 0 Å². The Balaban J connectivity index is 1.27. The molecule has 260 valence electrons. The number of ether oxygens (including phenoxy) is 4. The summed E-state index contributed by atoms with van der Waals surface area (Å²) in [5.41, 5.74) is 3.77. The van der Waals surface area contributed by atoms with Gasteiger partial charge in [-0.3, -0.25) is 4.79 Å². The van der Waals surface area contributed by atoms with Gasteiger partial charge in [0.1, 0.15) is 36.6 Å². The van der Waals surface area contributed by atoms with Crippen LogP contribution in [0.25, 0.3) is 0 Å². The molecule has 2 saturated carbocycles. The van der Waals surface area contributed by atoms with E-state index in [-0.39, 0.29) is 23.7 Å². The van der Waals surface area contributed by atoms with Crippen LogP contribution in [-0.4, -0.2) is 99.2 Å². The number of fused-ring (bicyclic) bond motifs is 2. The molecule has 4 fully saturated rings. The summed E-state index contributed by atoms with van der Waals surface area (Å²) in [6, 6.07) is 0. The molecule has 47 heavy (non-hydrogen) atoms. The first-order chi connectivity index (χ1) is 22.2. The summed E-state index contributed by atoms with van der Waals surface area (Å²) in [7, 11) is 0. The SMILES string of the molecule is C=C(C(=O)O[C@H]1C/C=C(\C)C[C@H](O)[C@H]2[C@H](C)C(=O)O[C@@H]2/C=C/1C)[C@@H]1CCC(=C)[C@@H]2C[C@H](O[C@@H]3O[C@H](CO)[C@@H](O)[C@H](O)[C@H]3O)C(=C)[C@@H]2C1. The molecule has 0 aromatic heterocycles. The maximum absolute atomic E-state index is 13.6.